The van der Waals surface area contributed by atoms with E-state index in [2.05, 4.69) is 4.98 Å². The monoisotopic (exact) mass is 285 g/mol. The molecule has 19 heavy (non-hydrogen) atoms. The molecule has 106 valence electrons. The van der Waals surface area contributed by atoms with E-state index < -0.39 is 5.97 Å². The maximum absolute atomic E-state index is 11.6. The zero-order chi connectivity index (χ0) is 14.4. The number of carbonyl (C=O) groups excluding carboxylic acids is 1. The van der Waals surface area contributed by atoms with Gasteiger partial charge in [0.1, 0.15) is 0 Å². The van der Waals surface area contributed by atoms with Gasteiger partial charge in [-0.1, -0.05) is 18.7 Å². The van der Waals surface area contributed by atoms with Crippen LogP contribution in [0.3, 0.4) is 0 Å². The molecule has 0 saturated carbocycles. The lowest BCUT2D eigenvalue weighted by molar-refractivity contribution is -0.134. The molecule has 0 bridgehead atoms. The molecule has 7 heteroatoms. The summed E-state index contributed by atoms with van der Waals surface area (Å²) in [7, 11) is 3.44. The third kappa shape index (κ3) is 4.59. The Morgan fingerprint density at radius 3 is 2.68 bits per heavy atom. The number of carboxylic acid groups (broad SMARTS) is 1. The second-order valence-electron chi connectivity index (χ2n) is 4.26. The summed E-state index contributed by atoms with van der Waals surface area (Å²) in [5.41, 5.74) is 1.01. The molecular weight excluding hydrogens is 266 g/mol. The van der Waals surface area contributed by atoms with Crippen LogP contribution in [0.15, 0.2) is 11.4 Å². The summed E-state index contributed by atoms with van der Waals surface area (Å²) in [6, 6.07) is 0. The number of imidazole rings is 1. The molecule has 0 atom stereocenters. The molecule has 0 saturated heterocycles. The molecule has 1 aromatic rings. The van der Waals surface area contributed by atoms with Gasteiger partial charge in [-0.15, -0.1) is 0 Å². The summed E-state index contributed by atoms with van der Waals surface area (Å²) in [6.45, 7) is 2.54. The molecule has 0 unspecified atom stereocenters. The van der Waals surface area contributed by atoms with Gasteiger partial charge in [0.2, 0.25) is 5.91 Å². The topological polar surface area (TPSA) is 75.4 Å². The summed E-state index contributed by atoms with van der Waals surface area (Å²) >= 11 is 1.18. The Morgan fingerprint density at radius 1 is 1.47 bits per heavy atom. The molecule has 0 aliphatic carbocycles. The zero-order valence-corrected chi connectivity index (χ0v) is 12.2. The van der Waals surface area contributed by atoms with Crippen LogP contribution in [0.2, 0.25) is 0 Å². The normalized spacial score (nSPS) is 10.5. The number of thioether (sulfide) groups is 1. The summed E-state index contributed by atoms with van der Waals surface area (Å²) in [5.74, 6) is -0.853. The molecule has 0 aliphatic heterocycles. The van der Waals surface area contributed by atoms with Crippen molar-refractivity contribution in [3.05, 3.63) is 11.9 Å². The lowest BCUT2D eigenvalue weighted by Crippen LogP contribution is -2.23. The lowest BCUT2D eigenvalue weighted by atomic mass is 10.3. The largest absolute Gasteiger partial charge is 0.481 e. The van der Waals surface area contributed by atoms with Crippen molar-refractivity contribution in [3.8, 4) is 0 Å². The van der Waals surface area contributed by atoms with Crippen molar-refractivity contribution in [3.63, 3.8) is 0 Å². The fourth-order valence-electron chi connectivity index (χ4n) is 1.59. The van der Waals surface area contributed by atoms with Crippen molar-refractivity contribution in [2.24, 2.45) is 0 Å². The van der Waals surface area contributed by atoms with Gasteiger partial charge >= 0.3 is 5.97 Å². The predicted octanol–water partition coefficient (Wildman–Crippen LogP) is 1.10. The standard InChI is InChI=1S/C12H19N3O3S/c1-4-9-7-13-12(19-8-11(17)18)15(9)6-5-10(16)14(2)3/h7H,4-6,8H2,1-3H3,(H,17,18). The number of aryl methyl sites for hydroxylation is 1. The van der Waals surface area contributed by atoms with Gasteiger partial charge in [0, 0.05) is 39.0 Å². The van der Waals surface area contributed by atoms with Crippen LogP contribution in [0.1, 0.15) is 19.0 Å². The maximum Gasteiger partial charge on any atom is 0.313 e. The SMILES string of the molecule is CCc1cnc(SCC(=O)O)n1CCC(=O)N(C)C. The highest BCUT2D eigenvalue weighted by molar-refractivity contribution is 7.99. The summed E-state index contributed by atoms with van der Waals surface area (Å²) in [4.78, 5) is 28.0. The third-order valence-corrected chi connectivity index (χ3v) is 3.61. The minimum atomic E-state index is -0.873. The first-order chi connectivity index (χ1) is 8.95. The van der Waals surface area contributed by atoms with E-state index in [0.29, 0.717) is 18.1 Å². The van der Waals surface area contributed by atoms with E-state index in [4.69, 9.17) is 5.11 Å². The maximum atomic E-state index is 11.6. The van der Waals surface area contributed by atoms with Gasteiger partial charge in [-0.25, -0.2) is 4.98 Å². The van der Waals surface area contributed by atoms with Gasteiger partial charge in [0.25, 0.3) is 0 Å². The first-order valence-corrected chi connectivity index (χ1v) is 7.03. The van der Waals surface area contributed by atoms with Gasteiger partial charge in [-0.05, 0) is 6.42 Å². The molecule has 0 spiro atoms. The second-order valence-corrected chi connectivity index (χ2v) is 5.20. The van der Waals surface area contributed by atoms with E-state index in [1.165, 1.54) is 11.8 Å². The summed E-state index contributed by atoms with van der Waals surface area (Å²) < 4.78 is 1.93. The van der Waals surface area contributed by atoms with Crippen LogP contribution < -0.4 is 0 Å². The Morgan fingerprint density at radius 2 is 2.16 bits per heavy atom. The third-order valence-electron chi connectivity index (χ3n) is 2.64. The summed E-state index contributed by atoms with van der Waals surface area (Å²) in [5, 5.41) is 9.36. The Labute approximate surface area is 116 Å². The number of amides is 1. The van der Waals surface area contributed by atoms with Crippen molar-refractivity contribution in [1.29, 1.82) is 0 Å². The average molecular weight is 285 g/mol. The van der Waals surface area contributed by atoms with Crippen LogP contribution >= 0.6 is 11.8 Å². The number of hydrogen-bond acceptors (Lipinski definition) is 4. The molecule has 1 N–H and O–H groups in total. The molecule has 6 nitrogen and oxygen atoms in total. The van der Waals surface area contributed by atoms with Gasteiger partial charge in [0.05, 0.1) is 5.75 Å². The van der Waals surface area contributed by atoms with Crippen LogP contribution in [0.25, 0.3) is 0 Å². The van der Waals surface area contributed by atoms with Crippen LogP contribution in [-0.2, 0) is 22.6 Å². The Hall–Kier alpha value is -1.50. The molecule has 1 amide bonds. The number of carboxylic acids is 1. The molecule has 1 rings (SSSR count). The van der Waals surface area contributed by atoms with Gasteiger partial charge < -0.3 is 14.6 Å². The van der Waals surface area contributed by atoms with E-state index in [1.807, 2.05) is 11.5 Å². The lowest BCUT2D eigenvalue weighted by Gasteiger charge is -2.13. The highest BCUT2D eigenvalue weighted by atomic mass is 32.2. The molecular formula is C12H19N3O3S. The average Bonchev–Trinajstić information content (AvgIpc) is 2.75. The van der Waals surface area contributed by atoms with Crippen LogP contribution in [-0.4, -0.2) is 51.3 Å². The van der Waals surface area contributed by atoms with E-state index in [0.717, 1.165) is 12.1 Å². The Kier molecular flexibility index (Phi) is 5.88. The van der Waals surface area contributed by atoms with Gasteiger partial charge in [-0.2, -0.15) is 0 Å². The van der Waals surface area contributed by atoms with E-state index in [-0.39, 0.29) is 11.7 Å². The fourth-order valence-corrected chi connectivity index (χ4v) is 2.33. The van der Waals surface area contributed by atoms with Gasteiger partial charge in [-0.3, -0.25) is 9.59 Å². The van der Waals surface area contributed by atoms with Crippen molar-refractivity contribution in [2.45, 2.75) is 31.5 Å². The first-order valence-electron chi connectivity index (χ1n) is 6.04. The molecule has 0 radical (unpaired) electrons. The number of aromatic nitrogens is 2. The first kappa shape index (κ1) is 15.6. The van der Waals surface area contributed by atoms with Crippen LogP contribution in [0.5, 0.6) is 0 Å². The minimum absolute atomic E-state index is 0.0260. The van der Waals surface area contributed by atoms with Crippen molar-refractivity contribution < 1.29 is 14.7 Å². The number of carbonyl (C=O) groups is 2. The number of hydrogen-bond donors (Lipinski definition) is 1. The highest BCUT2D eigenvalue weighted by Gasteiger charge is 2.13. The molecule has 0 aliphatic rings. The minimum Gasteiger partial charge on any atom is -0.481 e. The Bertz CT molecular complexity index is 457. The van der Waals surface area contributed by atoms with E-state index in [9.17, 15) is 9.59 Å². The smallest absolute Gasteiger partial charge is 0.313 e. The predicted molar refractivity (Wildman–Crippen MR) is 73.3 cm³/mol. The summed E-state index contributed by atoms with van der Waals surface area (Å²) in [6.07, 6.45) is 2.93. The molecule has 0 fully saturated rings. The van der Waals surface area contributed by atoms with Crippen molar-refractivity contribution >= 4 is 23.6 Å². The van der Waals surface area contributed by atoms with E-state index >= 15 is 0 Å². The number of aliphatic carboxylic acids is 1. The molecule has 1 aromatic heterocycles. The van der Waals surface area contributed by atoms with Crippen LogP contribution in [0, 0.1) is 0 Å². The van der Waals surface area contributed by atoms with E-state index in [1.54, 1.807) is 25.2 Å². The van der Waals surface area contributed by atoms with Crippen LogP contribution in [0.4, 0.5) is 0 Å². The van der Waals surface area contributed by atoms with Crippen molar-refractivity contribution in [1.82, 2.24) is 14.5 Å². The molecule has 1 heterocycles. The number of nitrogens with zero attached hydrogens (tertiary/aromatic N) is 3. The zero-order valence-electron chi connectivity index (χ0n) is 11.4. The Balaban J connectivity index is 2.75. The van der Waals surface area contributed by atoms with Crippen molar-refractivity contribution in [2.75, 3.05) is 19.8 Å². The quantitative estimate of drug-likeness (QED) is 0.759. The van der Waals surface area contributed by atoms with Gasteiger partial charge in [0.15, 0.2) is 5.16 Å². The number of rotatable bonds is 7. The second kappa shape index (κ2) is 7.18. The highest BCUT2D eigenvalue weighted by Crippen LogP contribution is 2.19. The molecule has 0 aromatic carbocycles. The fraction of sp³-hybridized carbons (Fsp3) is 0.583.